The fourth-order valence-corrected chi connectivity index (χ4v) is 12.0. The molecule has 22 heteroatoms. The maximum Gasteiger partial charge on any atom is 0.194 e. The summed E-state index contributed by atoms with van der Waals surface area (Å²) in [6, 6.07) is 98.3. The number of carbonyl (C=O) groups is 12. The summed E-state index contributed by atoms with van der Waals surface area (Å²) in [4.78, 5) is 147. The molecule has 5 aromatic heterocycles. The Morgan fingerprint density at radius 2 is 0.618 bits per heavy atom. The first-order chi connectivity index (χ1) is 60.0. The first-order valence-electron chi connectivity index (χ1n) is 40.7. The van der Waals surface area contributed by atoms with Crippen molar-refractivity contribution in [2.24, 2.45) is 0 Å². The van der Waals surface area contributed by atoms with E-state index >= 15 is 0 Å². The van der Waals surface area contributed by atoms with Gasteiger partial charge in [-0.1, -0.05) is 199 Å². The second-order valence-electron chi connectivity index (χ2n) is 29.9. The van der Waals surface area contributed by atoms with Crippen LogP contribution in [0.5, 0.6) is 0 Å². The number of carbonyl (C=O) groups excluding carboxylic acids is 12. The maximum atomic E-state index is 12.4. The zero-order chi connectivity index (χ0) is 92.6. The van der Waals surface area contributed by atoms with Crippen molar-refractivity contribution in [2.75, 3.05) is 0 Å². The predicted molar refractivity (Wildman–Crippen MR) is 500 cm³/mol. The number of rotatable bonds is 20. The average Bonchev–Trinajstić information content (AvgIpc) is 0.792. The van der Waals surface area contributed by atoms with Crippen molar-refractivity contribution in [1.82, 2.24) is 24.9 Å². The minimum absolute atomic E-state index is 0. The van der Waals surface area contributed by atoms with Gasteiger partial charge in [0.25, 0.3) is 0 Å². The van der Waals surface area contributed by atoms with Gasteiger partial charge in [0.1, 0.15) is 57.8 Å². The minimum atomic E-state index is -0.0625. The molecule has 0 aliphatic heterocycles. The van der Waals surface area contributed by atoms with Crippen LogP contribution in [-0.4, -0.2) is 94.3 Å². The molecule has 14 aromatic rings. The molecule has 0 aliphatic carbocycles. The molecule has 0 bridgehead atoms. The fraction of sp³-hybridized carbons (Fsp3) is 0.202. The number of fused-ring (bicyclic) bond motifs is 2. The second kappa shape index (κ2) is 65.2. The van der Waals surface area contributed by atoms with E-state index in [4.69, 9.17) is 0 Å². The molecule has 0 atom stereocenters. The minimum Gasteiger partial charge on any atom is -0.305 e. The molecular formula is C109H106Ir5N5O12-5. The van der Waals surface area contributed by atoms with E-state index in [2.05, 4.69) is 170 Å². The van der Waals surface area contributed by atoms with Gasteiger partial charge in [0.15, 0.2) is 11.6 Å². The number of hydrogen-bond donors (Lipinski definition) is 0. The molecule has 0 spiro atoms. The summed E-state index contributed by atoms with van der Waals surface area (Å²) in [7, 11) is 0. The number of aromatic nitrogens is 5. The monoisotopic (exact) mass is 2640 g/mol. The van der Waals surface area contributed by atoms with Crippen molar-refractivity contribution >= 4 is 90.9 Å². The Kier molecular flexibility index (Phi) is 59.5. The van der Waals surface area contributed by atoms with Gasteiger partial charge in [-0.25, -0.2) is 0 Å². The third-order valence-corrected chi connectivity index (χ3v) is 17.1. The van der Waals surface area contributed by atoms with Gasteiger partial charge >= 0.3 is 0 Å². The Bertz CT molecular complexity index is 5680. The molecule has 0 saturated carbocycles. The Morgan fingerprint density at radius 1 is 0.267 bits per heavy atom. The van der Waals surface area contributed by atoms with E-state index < -0.39 is 0 Å². The molecule has 0 amide bonds. The van der Waals surface area contributed by atoms with E-state index in [0.717, 1.165) is 67.4 Å². The number of nitrogens with zero attached hydrogens (tertiary/aromatic N) is 5. The molecule has 0 saturated heterocycles. The van der Waals surface area contributed by atoms with Crippen molar-refractivity contribution in [2.45, 2.75) is 149 Å². The van der Waals surface area contributed by atoms with Gasteiger partial charge in [-0.3, -0.25) is 57.5 Å². The van der Waals surface area contributed by atoms with Crippen LogP contribution in [0.25, 0.3) is 77.8 Å². The first kappa shape index (κ1) is 120. The molecule has 5 heterocycles. The van der Waals surface area contributed by atoms with Crippen LogP contribution in [0.1, 0.15) is 181 Å². The molecule has 689 valence electrons. The van der Waals surface area contributed by atoms with Crippen molar-refractivity contribution < 1.29 is 158 Å². The third-order valence-electron chi connectivity index (χ3n) is 17.1. The van der Waals surface area contributed by atoms with Gasteiger partial charge in [-0.2, -0.15) is 0 Å². The van der Waals surface area contributed by atoms with E-state index in [9.17, 15) is 57.5 Å². The molecule has 0 unspecified atom stereocenters. The second-order valence-corrected chi connectivity index (χ2v) is 29.9. The van der Waals surface area contributed by atoms with E-state index in [1.807, 2.05) is 164 Å². The summed E-state index contributed by atoms with van der Waals surface area (Å²) in [6.07, 6.45) is 9.45. The number of benzene rings is 9. The molecule has 0 fully saturated rings. The molecular weight excluding hydrogens is 2530 g/mol. The fourth-order valence-electron chi connectivity index (χ4n) is 12.0. The summed E-state index contributed by atoms with van der Waals surface area (Å²) in [6.45, 7) is 26.9. The molecule has 5 radical (unpaired) electrons. The number of ketones is 12. The van der Waals surface area contributed by atoms with Gasteiger partial charge < -0.3 is 24.9 Å². The third kappa shape index (κ3) is 47.8. The van der Waals surface area contributed by atoms with E-state index in [0.29, 0.717) is 28.2 Å². The van der Waals surface area contributed by atoms with Crippen LogP contribution in [0.15, 0.2) is 286 Å². The first-order valence-corrected chi connectivity index (χ1v) is 40.7. The summed E-state index contributed by atoms with van der Waals surface area (Å²) < 4.78 is 0. The van der Waals surface area contributed by atoms with Crippen LogP contribution >= 0.6 is 0 Å². The Hall–Kier alpha value is -11.5. The molecule has 14 rings (SSSR count). The maximum absolute atomic E-state index is 12.4. The van der Waals surface area contributed by atoms with Crippen molar-refractivity contribution in [3.05, 3.63) is 366 Å². The normalized spacial score (nSPS) is 9.50. The summed E-state index contributed by atoms with van der Waals surface area (Å²) in [5.74, 6) is -0.120. The standard InChI is InChI=1S/C20H20N.2C18H12NO.C17H14N.C11H8N.5C5H8O2.5Ir/c1-13(2)18-7-5-6-16-12-21-20(11-19(16)18)17-9-14(3)8-15(4)10-17;20-18(15-9-5-2-6-10-15)16-11-12-17(19-13-16)14-7-3-1-4-8-14;20-18(14-7-2-1-3-8-14)16-10-6-9-15(13-16)17-11-4-5-12-19-17;1-12-7-13(2)9-16(8-12)17-10-14-5-3-4-6-15(14)11-18-17;1-2-6-10(7-3-1)11-8-4-5-9-12-11;5*1-4(6)3-5(2)7;;;;;/h5-9,11-13H,1-4H3;1-7,9-13H;1-8,10-13H;3-8,10-11H,1-2H3;1-6,8-9H;5*3H2,1-2H3;;;;;/q5*-1;;;;;;;;;;. The van der Waals surface area contributed by atoms with Crippen LogP contribution in [0, 0.1) is 58.0 Å². The van der Waals surface area contributed by atoms with Crippen molar-refractivity contribution in [3.63, 3.8) is 0 Å². The number of aryl methyl sites for hydroxylation is 4. The molecule has 9 aromatic carbocycles. The molecule has 0 aliphatic rings. The average molecular weight is 2640 g/mol. The zero-order valence-corrected chi connectivity index (χ0v) is 88.0. The molecule has 131 heavy (non-hydrogen) atoms. The number of pyridine rings is 5. The number of hydrogen-bond acceptors (Lipinski definition) is 17. The van der Waals surface area contributed by atoms with E-state index in [1.165, 1.54) is 107 Å². The topological polar surface area (TPSA) is 269 Å². The number of Topliss-reactive ketones (excluding diaryl/α,β-unsaturated/α-hetero) is 10. The van der Waals surface area contributed by atoms with Gasteiger partial charge in [0.05, 0.1) is 32.1 Å². The van der Waals surface area contributed by atoms with Crippen LogP contribution < -0.4 is 0 Å². The predicted octanol–water partition coefficient (Wildman–Crippen LogP) is 22.6. The quantitative estimate of drug-likeness (QED) is 0.0390. The van der Waals surface area contributed by atoms with Crippen molar-refractivity contribution in [1.29, 1.82) is 0 Å². The smallest absolute Gasteiger partial charge is 0.194 e. The Labute approximate surface area is 837 Å². The van der Waals surface area contributed by atoms with Crippen LogP contribution in [0.4, 0.5) is 0 Å². The van der Waals surface area contributed by atoms with Gasteiger partial charge in [0.2, 0.25) is 0 Å². The summed E-state index contributed by atoms with van der Waals surface area (Å²) in [5.41, 5.74) is 18.3. The van der Waals surface area contributed by atoms with Crippen LogP contribution in [-0.2, 0) is 148 Å². The molecule has 17 nitrogen and oxygen atoms in total. The van der Waals surface area contributed by atoms with Gasteiger partial charge in [-0.15, -0.1) is 171 Å². The Balaban J connectivity index is 0.00000147. The van der Waals surface area contributed by atoms with Gasteiger partial charge in [0, 0.05) is 148 Å². The SMILES string of the molecule is CC(=O)CC(C)=O.CC(=O)CC(C)=O.CC(=O)CC(C)=O.CC(=O)CC(C)=O.CC(=O)CC(C)=O.Cc1[c-]c(-c2cc3c(C(C)C)cccc3cn2)cc(C)c1.Cc1[c-]c(-c2cc3ccccc3cn2)cc(C)c1.O=C(c1ccccc1)c1cc[c-]c(-c2ccccn2)c1.O=C(c1ccccc1)c1ccc(-c2[c-]cccc2)nc1.[Ir].[Ir].[Ir].[Ir].[Ir].[c-]1ccccc1-c1ccccn1. The Morgan fingerprint density at radius 3 is 0.985 bits per heavy atom. The summed E-state index contributed by atoms with van der Waals surface area (Å²) in [5, 5.41) is 4.89. The largest absolute Gasteiger partial charge is 0.305 e. The van der Waals surface area contributed by atoms with Crippen LogP contribution in [0.2, 0.25) is 0 Å². The zero-order valence-electron chi connectivity index (χ0n) is 76.1. The van der Waals surface area contributed by atoms with E-state index in [1.54, 1.807) is 48.9 Å². The summed E-state index contributed by atoms with van der Waals surface area (Å²) >= 11 is 0. The van der Waals surface area contributed by atoms with Gasteiger partial charge in [-0.05, 0) is 143 Å². The molecule has 0 N–H and O–H groups in total. The van der Waals surface area contributed by atoms with E-state index in [-0.39, 0.29) is 202 Å². The van der Waals surface area contributed by atoms with Crippen LogP contribution in [0.3, 0.4) is 0 Å². The van der Waals surface area contributed by atoms with Crippen molar-refractivity contribution in [3.8, 4) is 56.3 Å².